The zero-order chi connectivity index (χ0) is 16.1. The zero-order valence-corrected chi connectivity index (χ0v) is 12.6. The molecular formula is C14H14N2O5S. The molecule has 0 amide bonds. The number of nitrogens with zero attached hydrogens (tertiary/aromatic N) is 2. The minimum Gasteiger partial charge on any atom is -0.507 e. The molecule has 2 rings (SSSR count). The first-order valence-corrected chi connectivity index (χ1v) is 7.47. The molecule has 0 atom stereocenters. The second-order valence-corrected chi connectivity index (χ2v) is 5.35. The quantitative estimate of drug-likeness (QED) is 0.879. The fourth-order valence-electron chi connectivity index (χ4n) is 1.60. The monoisotopic (exact) mass is 322 g/mol. The summed E-state index contributed by atoms with van der Waals surface area (Å²) in [5.74, 6) is -0.612. The molecule has 0 unspecified atom stereocenters. The summed E-state index contributed by atoms with van der Waals surface area (Å²) in [6.45, 7) is 1.95. The van der Waals surface area contributed by atoms with Gasteiger partial charge in [-0.1, -0.05) is 23.8 Å². The van der Waals surface area contributed by atoms with Gasteiger partial charge in [0.1, 0.15) is 11.3 Å². The molecule has 2 aromatic rings. The average Bonchev–Trinajstić information content (AvgIpc) is 2.51. The highest BCUT2D eigenvalue weighted by molar-refractivity contribution is 7.97. The number of hydrogen-bond donors (Lipinski definition) is 1. The van der Waals surface area contributed by atoms with Crippen LogP contribution < -0.4 is 16.1 Å². The number of phenolic OH excluding ortho intramolecular Hbond substituents is 1. The van der Waals surface area contributed by atoms with Crippen LogP contribution in [0.2, 0.25) is 0 Å². The number of benzene rings is 1. The smallest absolute Gasteiger partial charge is 0.375 e. The van der Waals surface area contributed by atoms with E-state index in [1.165, 1.54) is 46.4 Å². The van der Waals surface area contributed by atoms with Crippen molar-refractivity contribution in [2.75, 3.05) is 5.75 Å². The van der Waals surface area contributed by atoms with Crippen molar-refractivity contribution in [2.24, 2.45) is 0 Å². The molecule has 22 heavy (non-hydrogen) atoms. The zero-order valence-electron chi connectivity index (χ0n) is 11.8. The molecule has 116 valence electrons. The fraction of sp³-hybridized carbons (Fsp3) is 0.214. The Morgan fingerprint density at radius 1 is 1.27 bits per heavy atom. The number of phenols is 1. The van der Waals surface area contributed by atoms with Crippen LogP contribution >= 0.6 is 11.9 Å². The van der Waals surface area contributed by atoms with Crippen molar-refractivity contribution in [2.45, 2.75) is 13.3 Å². The maximum Gasteiger partial charge on any atom is 0.375 e. The fourth-order valence-corrected chi connectivity index (χ4v) is 2.31. The lowest BCUT2D eigenvalue weighted by molar-refractivity contribution is 0.0413. The third-order valence-corrected chi connectivity index (χ3v) is 3.79. The van der Waals surface area contributed by atoms with Crippen molar-refractivity contribution in [3.8, 4) is 5.75 Å². The average molecular weight is 322 g/mol. The molecule has 0 aliphatic carbocycles. The van der Waals surface area contributed by atoms with Crippen LogP contribution in [0.1, 0.15) is 23.7 Å². The highest BCUT2D eigenvalue weighted by Gasteiger charge is 2.16. The standard InChI is InChI=1S/C14H14N2O5S/c1-2-9-22-15-8-7-12(18)16(14(15)20)21-13(19)10-5-3-4-6-11(10)17/h3-8,17H,2,9H2,1H3. The van der Waals surface area contributed by atoms with Crippen LogP contribution in [-0.2, 0) is 0 Å². The lowest BCUT2D eigenvalue weighted by Gasteiger charge is -2.09. The van der Waals surface area contributed by atoms with Gasteiger partial charge in [-0.25, -0.2) is 13.6 Å². The number of carbonyl (C=O) groups is 1. The van der Waals surface area contributed by atoms with Crippen molar-refractivity contribution in [1.29, 1.82) is 0 Å². The lowest BCUT2D eigenvalue weighted by atomic mass is 10.2. The predicted molar refractivity (Wildman–Crippen MR) is 82.1 cm³/mol. The Balaban J connectivity index is 2.33. The third-order valence-electron chi connectivity index (χ3n) is 2.65. The number of carbonyl (C=O) groups excluding carboxylic acids is 1. The molecule has 0 bridgehead atoms. The Hall–Kier alpha value is -2.48. The molecular weight excluding hydrogens is 308 g/mol. The van der Waals surface area contributed by atoms with E-state index in [9.17, 15) is 19.5 Å². The van der Waals surface area contributed by atoms with E-state index in [0.29, 0.717) is 10.5 Å². The molecule has 0 fully saturated rings. The number of rotatable bonds is 5. The number of para-hydroxylation sites is 1. The van der Waals surface area contributed by atoms with Gasteiger partial charge < -0.3 is 9.94 Å². The second-order valence-electron chi connectivity index (χ2n) is 4.29. The van der Waals surface area contributed by atoms with Gasteiger partial charge in [0.15, 0.2) is 0 Å². The maximum atomic E-state index is 12.1. The Labute approximate surface area is 129 Å². The molecule has 0 radical (unpaired) electrons. The van der Waals surface area contributed by atoms with Crippen LogP contribution in [-0.4, -0.2) is 25.5 Å². The lowest BCUT2D eigenvalue weighted by Crippen LogP contribution is -2.43. The van der Waals surface area contributed by atoms with Gasteiger partial charge in [-0.3, -0.25) is 4.79 Å². The summed E-state index contributed by atoms with van der Waals surface area (Å²) < 4.78 is 1.58. The predicted octanol–water partition coefficient (Wildman–Crippen LogP) is 0.891. The summed E-state index contributed by atoms with van der Waals surface area (Å²) >= 11 is 1.20. The molecule has 0 aliphatic rings. The minimum absolute atomic E-state index is 0.134. The molecule has 0 spiro atoms. The van der Waals surface area contributed by atoms with Gasteiger partial charge in [-0.05, 0) is 30.5 Å². The highest BCUT2D eigenvalue weighted by Crippen LogP contribution is 2.15. The molecule has 0 aliphatic heterocycles. The van der Waals surface area contributed by atoms with E-state index in [0.717, 1.165) is 12.5 Å². The highest BCUT2D eigenvalue weighted by atomic mass is 32.2. The van der Waals surface area contributed by atoms with Crippen molar-refractivity contribution < 1.29 is 14.7 Å². The van der Waals surface area contributed by atoms with E-state index in [1.54, 1.807) is 0 Å². The van der Waals surface area contributed by atoms with E-state index in [2.05, 4.69) is 0 Å². The summed E-state index contributed by atoms with van der Waals surface area (Å²) in [5.41, 5.74) is -1.66. The summed E-state index contributed by atoms with van der Waals surface area (Å²) in [6, 6.07) is 6.83. The summed E-state index contributed by atoms with van der Waals surface area (Å²) in [4.78, 5) is 40.6. The molecule has 7 nitrogen and oxygen atoms in total. The Morgan fingerprint density at radius 2 is 2.00 bits per heavy atom. The summed E-state index contributed by atoms with van der Waals surface area (Å²) in [6.07, 6.45) is 2.17. The first-order valence-electron chi connectivity index (χ1n) is 6.53. The molecule has 1 aromatic carbocycles. The molecule has 1 aromatic heterocycles. The van der Waals surface area contributed by atoms with Gasteiger partial charge in [0, 0.05) is 18.0 Å². The molecule has 1 N–H and O–H groups in total. The van der Waals surface area contributed by atoms with Crippen molar-refractivity contribution in [1.82, 2.24) is 8.70 Å². The van der Waals surface area contributed by atoms with Gasteiger partial charge in [0.2, 0.25) is 0 Å². The first kappa shape index (κ1) is 15.9. The van der Waals surface area contributed by atoms with Gasteiger partial charge >= 0.3 is 11.7 Å². The summed E-state index contributed by atoms with van der Waals surface area (Å²) in [7, 11) is 0. The van der Waals surface area contributed by atoms with Gasteiger partial charge in [-0.15, -0.1) is 0 Å². The minimum atomic E-state index is -0.990. The van der Waals surface area contributed by atoms with Crippen molar-refractivity contribution in [3.05, 3.63) is 62.9 Å². The van der Waals surface area contributed by atoms with Crippen LogP contribution in [0, 0.1) is 0 Å². The van der Waals surface area contributed by atoms with Gasteiger partial charge in [0.05, 0.1) is 0 Å². The topological polar surface area (TPSA) is 90.5 Å². The third kappa shape index (κ3) is 3.40. The van der Waals surface area contributed by atoms with Crippen LogP contribution in [0.15, 0.2) is 46.1 Å². The number of hydrogen-bond acceptors (Lipinski definition) is 6. The largest absolute Gasteiger partial charge is 0.507 e. The Morgan fingerprint density at radius 3 is 2.68 bits per heavy atom. The van der Waals surface area contributed by atoms with Crippen LogP contribution in [0.25, 0.3) is 0 Å². The number of aromatic nitrogens is 2. The van der Waals surface area contributed by atoms with E-state index >= 15 is 0 Å². The van der Waals surface area contributed by atoms with Gasteiger partial charge in [-0.2, -0.15) is 0 Å². The van der Waals surface area contributed by atoms with E-state index in [4.69, 9.17) is 4.84 Å². The molecule has 0 saturated heterocycles. The SMILES string of the molecule is CCCSn1ccc(=O)n(OC(=O)c2ccccc2O)c1=O. The Bertz CT molecular complexity index is 796. The first-order chi connectivity index (χ1) is 10.5. The van der Waals surface area contributed by atoms with Crippen molar-refractivity contribution >= 4 is 17.9 Å². The maximum absolute atomic E-state index is 12.1. The van der Waals surface area contributed by atoms with E-state index < -0.39 is 17.2 Å². The van der Waals surface area contributed by atoms with Crippen LogP contribution in [0.5, 0.6) is 5.75 Å². The van der Waals surface area contributed by atoms with Gasteiger partial charge in [0.25, 0.3) is 5.56 Å². The normalized spacial score (nSPS) is 10.4. The summed E-state index contributed by atoms with van der Waals surface area (Å²) in [5, 5.41) is 9.59. The van der Waals surface area contributed by atoms with Crippen molar-refractivity contribution in [3.63, 3.8) is 0 Å². The van der Waals surface area contributed by atoms with E-state index in [-0.39, 0.29) is 11.3 Å². The van der Waals surface area contributed by atoms with E-state index in [1.807, 2.05) is 6.92 Å². The second kappa shape index (κ2) is 6.99. The molecule has 0 saturated carbocycles. The number of aromatic hydroxyl groups is 1. The molecule has 8 heteroatoms. The molecule has 1 heterocycles. The van der Waals surface area contributed by atoms with Crippen LogP contribution in [0.4, 0.5) is 0 Å². The Kier molecular flexibility index (Phi) is 5.05. The van der Waals surface area contributed by atoms with Crippen LogP contribution in [0.3, 0.4) is 0 Å².